The molecule has 26 heavy (non-hydrogen) atoms. The molecule has 2 heterocycles. The van der Waals surface area contributed by atoms with Gasteiger partial charge in [0, 0.05) is 30.0 Å². The minimum absolute atomic E-state index is 0.106. The van der Waals surface area contributed by atoms with E-state index in [0.29, 0.717) is 16.0 Å². The summed E-state index contributed by atoms with van der Waals surface area (Å²) in [6.45, 7) is 10.4. The van der Waals surface area contributed by atoms with E-state index in [4.69, 9.17) is 16.3 Å². The Morgan fingerprint density at radius 3 is 2.62 bits per heavy atom. The Hall–Kier alpha value is -1.66. The summed E-state index contributed by atoms with van der Waals surface area (Å²) in [5.74, 6) is 1.35. The number of likely N-dealkylation sites (tertiary alicyclic amines) is 1. The van der Waals surface area contributed by atoms with Crippen LogP contribution in [0.15, 0.2) is 17.1 Å². The first-order valence-electron chi connectivity index (χ1n) is 8.93. The Labute approximate surface area is 164 Å². The van der Waals surface area contributed by atoms with Gasteiger partial charge in [0.1, 0.15) is 5.75 Å². The summed E-state index contributed by atoms with van der Waals surface area (Å²) in [5, 5.41) is 1.02. The molecule has 0 radical (unpaired) electrons. The Kier molecular flexibility index (Phi) is 5.82. The summed E-state index contributed by atoms with van der Waals surface area (Å²) in [6, 6.07) is 3.75. The van der Waals surface area contributed by atoms with Gasteiger partial charge in [-0.25, -0.2) is 4.99 Å². The molecule has 0 saturated carbocycles. The average molecular weight is 393 g/mol. The van der Waals surface area contributed by atoms with E-state index in [1.54, 1.807) is 0 Å². The molecule has 1 aliphatic rings. The average Bonchev–Trinajstić information content (AvgIpc) is 3.06. The molecule has 0 spiro atoms. The van der Waals surface area contributed by atoms with Gasteiger partial charge < -0.3 is 9.64 Å². The summed E-state index contributed by atoms with van der Waals surface area (Å²) >= 11 is 7.65. The van der Waals surface area contributed by atoms with Gasteiger partial charge in [-0.15, -0.1) is 0 Å². The van der Waals surface area contributed by atoms with E-state index in [1.807, 2.05) is 25.4 Å². The van der Waals surface area contributed by atoms with Crippen molar-refractivity contribution in [1.29, 1.82) is 0 Å². The predicted octanol–water partition coefficient (Wildman–Crippen LogP) is 5.74. The molecule has 1 aromatic carbocycles. The maximum absolute atomic E-state index is 6.41. The van der Waals surface area contributed by atoms with Gasteiger partial charge in [-0.1, -0.05) is 32.4 Å². The van der Waals surface area contributed by atoms with Crippen molar-refractivity contribution < 1.29 is 4.74 Å². The Balaban J connectivity index is 1.74. The van der Waals surface area contributed by atoms with Crippen molar-refractivity contribution >= 4 is 35.2 Å². The van der Waals surface area contributed by atoms with Gasteiger partial charge in [-0.3, -0.25) is 0 Å². The molecular formula is C19H25ClN4OS. The van der Waals surface area contributed by atoms with E-state index in [1.165, 1.54) is 30.8 Å². The second kappa shape index (κ2) is 7.92. The Bertz CT molecular complexity index is 791. The summed E-state index contributed by atoms with van der Waals surface area (Å²) in [6.07, 6.45) is 5.70. The van der Waals surface area contributed by atoms with Crippen LogP contribution in [0.3, 0.4) is 0 Å². The van der Waals surface area contributed by atoms with Crippen molar-refractivity contribution in [3.63, 3.8) is 0 Å². The van der Waals surface area contributed by atoms with Crippen LogP contribution in [0.4, 0.5) is 5.69 Å². The maximum Gasteiger partial charge on any atom is 0.298 e. The lowest BCUT2D eigenvalue weighted by Crippen LogP contribution is -2.28. The molecule has 7 heteroatoms. The number of hydrogen-bond donors (Lipinski definition) is 0. The molecule has 1 saturated heterocycles. The fourth-order valence-electron chi connectivity index (χ4n) is 2.69. The minimum atomic E-state index is -0.106. The fraction of sp³-hybridized carbons (Fsp3) is 0.526. The Morgan fingerprint density at radius 2 is 1.96 bits per heavy atom. The van der Waals surface area contributed by atoms with Crippen molar-refractivity contribution in [2.24, 2.45) is 4.99 Å². The van der Waals surface area contributed by atoms with Crippen molar-refractivity contribution in [2.45, 2.75) is 52.4 Å². The number of aliphatic imine (C=N–C) groups is 1. The van der Waals surface area contributed by atoms with E-state index in [-0.39, 0.29) is 5.41 Å². The van der Waals surface area contributed by atoms with Gasteiger partial charge in [-0.05, 0) is 43.9 Å². The van der Waals surface area contributed by atoms with Crippen LogP contribution in [0.5, 0.6) is 10.9 Å². The van der Waals surface area contributed by atoms with Gasteiger partial charge in [0.25, 0.3) is 5.19 Å². The van der Waals surface area contributed by atoms with Gasteiger partial charge in [0.15, 0.2) is 5.82 Å². The third-order valence-electron chi connectivity index (χ3n) is 4.28. The molecule has 2 aromatic rings. The minimum Gasteiger partial charge on any atom is -0.428 e. The molecule has 1 aromatic heterocycles. The highest BCUT2D eigenvalue weighted by Crippen LogP contribution is 2.36. The normalized spacial score (nSPS) is 15.7. The number of hydrogen-bond acceptors (Lipinski definition) is 5. The molecule has 140 valence electrons. The molecule has 0 bridgehead atoms. The van der Waals surface area contributed by atoms with Crippen molar-refractivity contribution in [1.82, 2.24) is 14.3 Å². The third kappa shape index (κ3) is 4.74. The maximum atomic E-state index is 6.41. The number of aryl methyl sites for hydroxylation is 1. The fourth-order valence-corrected chi connectivity index (χ4v) is 3.62. The summed E-state index contributed by atoms with van der Waals surface area (Å²) in [7, 11) is 0. The highest BCUT2D eigenvalue weighted by Gasteiger charge is 2.21. The van der Waals surface area contributed by atoms with Crippen LogP contribution < -0.4 is 4.74 Å². The molecule has 1 aliphatic heterocycles. The first-order chi connectivity index (χ1) is 12.3. The number of aromatic nitrogens is 2. The van der Waals surface area contributed by atoms with E-state index in [9.17, 15) is 0 Å². The number of rotatable bonds is 4. The lowest BCUT2D eigenvalue weighted by molar-refractivity contribution is 0.351. The molecule has 0 unspecified atom stereocenters. The standard InChI is InChI=1S/C19H25ClN4OS/c1-13-10-16(25-18-22-17(23-26-18)19(2,3)4)14(20)11-15(13)21-12-24-8-6-5-7-9-24/h10-12H,5-9H2,1-4H3. The van der Waals surface area contributed by atoms with Crippen LogP contribution in [0, 0.1) is 6.92 Å². The van der Waals surface area contributed by atoms with E-state index >= 15 is 0 Å². The van der Waals surface area contributed by atoms with Crippen molar-refractivity contribution in [3.8, 4) is 10.9 Å². The monoisotopic (exact) mass is 392 g/mol. The molecule has 1 fully saturated rings. The first kappa shape index (κ1) is 19.1. The summed E-state index contributed by atoms with van der Waals surface area (Å²) in [4.78, 5) is 11.3. The topological polar surface area (TPSA) is 50.6 Å². The summed E-state index contributed by atoms with van der Waals surface area (Å²) < 4.78 is 10.2. The summed E-state index contributed by atoms with van der Waals surface area (Å²) in [5.41, 5.74) is 1.77. The van der Waals surface area contributed by atoms with Crippen molar-refractivity contribution in [2.75, 3.05) is 13.1 Å². The van der Waals surface area contributed by atoms with Crippen LogP contribution in [-0.2, 0) is 5.41 Å². The highest BCUT2D eigenvalue weighted by atomic mass is 35.5. The van der Waals surface area contributed by atoms with Crippen LogP contribution in [0.1, 0.15) is 51.4 Å². The van der Waals surface area contributed by atoms with Gasteiger partial charge >= 0.3 is 0 Å². The molecule has 0 N–H and O–H groups in total. The van der Waals surface area contributed by atoms with Crippen LogP contribution in [-0.4, -0.2) is 33.7 Å². The molecular weight excluding hydrogens is 368 g/mol. The highest BCUT2D eigenvalue weighted by molar-refractivity contribution is 7.07. The molecule has 0 amide bonds. The lowest BCUT2D eigenvalue weighted by atomic mass is 9.96. The SMILES string of the molecule is Cc1cc(Oc2nc(C(C)(C)C)ns2)c(Cl)cc1N=CN1CCCCC1. The quantitative estimate of drug-likeness (QED) is 0.492. The second-order valence-electron chi connectivity index (χ2n) is 7.65. The predicted molar refractivity (Wildman–Crippen MR) is 108 cm³/mol. The third-order valence-corrected chi connectivity index (χ3v) is 5.17. The van der Waals surface area contributed by atoms with Gasteiger partial charge in [0.05, 0.1) is 17.0 Å². The largest absolute Gasteiger partial charge is 0.428 e. The van der Waals surface area contributed by atoms with Crippen LogP contribution >= 0.6 is 23.1 Å². The number of halogens is 1. The van der Waals surface area contributed by atoms with E-state index in [2.05, 4.69) is 40.0 Å². The molecule has 0 atom stereocenters. The molecule has 5 nitrogen and oxygen atoms in total. The van der Waals surface area contributed by atoms with E-state index < -0.39 is 0 Å². The number of ether oxygens (including phenoxy) is 1. The zero-order valence-electron chi connectivity index (χ0n) is 15.8. The van der Waals surface area contributed by atoms with Crippen LogP contribution in [0.25, 0.3) is 0 Å². The van der Waals surface area contributed by atoms with Crippen LogP contribution in [0.2, 0.25) is 5.02 Å². The second-order valence-corrected chi connectivity index (χ2v) is 8.77. The molecule has 0 aliphatic carbocycles. The Morgan fingerprint density at radius 1 is 1.23 bits per heavy atom. The van der Waals surface area contributed by atoms with Gasteiger partial charge in [0.2, 0.25) is 0 Å². The number of nitrogens with zero attached hydrogens (tertiary/aromatic N) is 4. The van der Waals surface area contributed by atoms with Gasteiger partial charge in [-0.2, -0.15) is 9.36 Å². The molecule has 3 rings (SSSR count). The lowest BCUT2D eigenvalue weighted by Gasteiger charge is -2.23. The van der Waals surface area contributed by atoms with E-state index in [0.717, 1.165) is 30.2 Å². The van der Waals surface area contributed by atoms with Crippen molar-refractivity contribution in [3.05, 3.63) is 28.5 Å². The smallest absolute Gasteiger partial charge is 0.298 e. The first-order valence-corrected chi connectivity index (χ1v) is 10.1. The zero-order chi connectivity index (χ0) is 18.7. The zero-order valence-corrected chi connectivity index (χ0v) is 17.3. The number of benzene rings is 1. The number of piperidine rings is 1.